The molecule has 0 unspecified atom stereocenters. The van der Waals surface area contributed by atoms with Crippen LogP contribution in [0.15, 0.2) is 24.3 Å². The summed E-state index contributed by atoms with van der Waals surface area (Å²) in [6, 6.07) is 6.00. The molecule has 0 bridgehead atoms. The average Bonchev–Trinajstić information content (AvgIpc) is 2.93. The first-order valence-electron chi connectivity index (χ1n) is 7.53. The van der Waals surface area contributed by atoms with Crippen LogP contribution in [0.3, 0.4) is 0 Å². The first kappa shape index (κ1) is 15.8. The lowest BCUT2D eigenvalue weighted by atomic mass is 9.97. The van der Waals surface area contributed by atoms with Crippen molar-refractivity contribution in [2.45, 2.75) is 44.1 Å². The SMILES string of the molecule is NCC1(NC(=O)CCCOc2cccc(F)c2)CCCC1. The number of ether oxygens (including phenoxy) is 1. The Labute approximate surface area is 124 Å². The van der Waals surface area contributed by atoms with Gasteiger partial charge in [-0.1, -0.05) is 18.9 Å². The second kappa shape index (κ2) is 7.41. The van der Waals surface area contributed by atoms with E-state index in [4.69, 9.17) is 10.5 Å². The van der Waals surface area contributed by atoms with E-state index in [2.05, 4.69) is 5.32 Å². The number of carbonyl (C=O) groups is 1. The molecule has 1 aromatic rings. The lowest BCUT2D eigenvalue weighted by Crippen LogP contribution is -2.51. The molecule has 1 aliphatic carbocycles. The molecule has 0 aromatic heterocycles. The van der Waals surface area contributed by atoms with E-state index < -0.39 is 0 Å². The van der Waals surface area contributed by atoms with Crippen molar-refractivity contribution >= 4 is 5.91 Å². The van der Waals surface area contributed by atoms with Crippen LogP contribution in [0, 0.1) is 5.82 Å². The van der Waals surface area contributed by atoms with E-state index in [0.29, 0.717) is 31.7 Å². The van der Waals surface area contributed by atoms with Crippen LogP contribution in [-0.2, 0) is 4.79 Å². The summed E-state index contributed by atoms with van der Waals surface area (Å²) in [6.45, 7) is 0.894. The van der Waals surface area contributed by atoms with Crippen molar-refractivity contribution in [1.82, 2.24) is 5.32 Å². The Bertz CT molecular complexity index is 473. The molecule has 116 valence electrons. The van der Waals surface area contributed by atoms with Crippen molar-refractivity contribution in [2.24, 2.45) is 5.73 Å². The third-order valence-corrected chi connectivity index (χ3v) is 3.97. The van der Waals surface area contributed by atoms with Crippen LogP contribution in [0.4, 0.5) is 4.39 Å². The maximum absolute atomic E-state index is 13.0. The highest BCUT2D eigenvalue weighted by Gasteiger charge is 2.33. The van der Waals surface area contributed by atoms with E-state index in [1.54, 1.807) is 12.1 Å². The molecule has 0 spiro atoms. The predicted molar refractivity (Wildman–Crippen MR) is 79.5 cm³/mol. The summed E-state index contributed by atoms with van der Waals surface area (Å²) in [6.07, 6.45) is 5.18. The summed E-state index contributed by atoms with van der Waals surface area (Å²) < 4.78 is 18.4. The maximum atomic E-state index is 13.0. The number of carbonyl (C=O) groups excluding carboxylic acids is 1. The lowest BCUT2D eigenvalue weighted by Gasteiger charge is -2.28. The molecule has 5 heteroatoms. The van der Waals surface area contributed by atoms with Gasteiger partial charge >= 0.3 is 0 Å². The third-order valence-electron chi connectivity index (χ3n) is 3.97. The average molecular weight is 294 g/mol. The zero-order valence-electron chi connectivity index (χ0n) is 12.2. The fourth-order valence-electron chi connectivity index (χ4n) is 2.77. The van der Waals surface area contributed by atoms with Gasteiger partial charge in [0.1, 0.15) is 11.6 Å². The molecule has 2 rings (SSSR count). The van der Waals surface area contributed by atoms with E-state index in [1.165, 1.54) is 12.1 Å². The summed E-state index contributed by atoms with van der Waals surface area (Å²) in [5, 5.41) is 3.07. The number of hydrogen-bond acceptors (Lipinski definition) is 3. The Hall–Kier alpha value is -1.62. The maximum Gasteiger partial charge on any atom is 0.220 e. The van der Waals surface area contributed by atoms with Crippen LogP contribution < -0.4 is 15.8 Å². The number of rotatable bonds is 7. The van der Waals surface area contributed by atoms with Crippen molar-refractivity contribution in [3.8, 4) is 5.75 Å². The van der Waals surface area contributed by atoms with Gasteiger partial charge in [0.2, 0.25) is 5.91 Å². The highest BCUT2D eigenvalue weighted by atomic mass is 19.1. The first-order valence-corrected chi connectivity index (χ1v) is 7.53. The van der Waals surface area contributed by atoms with Gasteiger partial charge in [0.25, 0.3) is 0 Å². The molecule has 0 heterocycles. The molecule has 1 aromatic carbocycles. The predicted octanol–water partition coefficient (Wildman–Crippen LogP) is 2.37. The highest BCUT2D eigenvalue weighted by molar-refractivity contribution is 5.76. The Morgan fingerprint density at radius 2 is 2.14 bits per heavy atom. The largest absolute Gasteiger partial charge is 0.493 e. The highest BCUT2D eigenvalue weighted by Crippen LogP contribution is 2.28. The molecule has 3 N–H and O–H groups in total. The number of halogens is 1. The smallest absolute Gasteiger partial charge is 0.220 e. The van der Waals surface area contributed by atoms with Crippen molar-refractivity contribution in [1.29, 1.82) is 0 Å². The van der Waals surface area contributed by atoms with Crippen molar-refractivity contribution < 1.29 is 13.9 Å². The molecular formula is C16H23FN2O2. The number of nitrogens with two attached hydrogens (primary N) is 1. The van der Waals surface area contributed by atoms with Crippen LogP contribution in [-0.4, -0.2) is 24.6 Å². The topological polar surface area (TPSA) is 64.3 Å². The normalized spacial score (nSPS) is 16.7. The van der Waals surface area contributed by atoms with Crippen molar-refractivity contribution in [3.63, 3.8) is 0 Å². The van der Waals surface area contributed by atoms with Crippen molar-refractivity contribution in [2.75, 3.05) is 13.2 Å². The number of benzene rings is 1. The lowest BCUT2D eigenvalue weighted by molar-refractivity contribution is -0.123. The molecule has 0 saturated heterocycles. The number of amides is 1. The Morgan fingerprint density at radius 3 is 2.81 bits per heavy atom. The van der Waals surface area contributed by atoms with Gasteiger partial charge in [-0.2, -0.15) is 0 Å². The Kier molecular flexibility index (Phi) is 5.56. The quantitative estimate of drug-likeness (QED) is 0.759. The summed E-state index contributed by atoms with van der Waals surface area (Å²) in [4.78, 5) is 11.9. The minimum atomic E-state index is -0.323. The van der Waals surface area contributed by atoms with Crippen LogP contribution in [0.2, 0.25) is 0 Å². The van der Waals surface area contributed by atoms with Crippen LogP contribution in [0.5, 0.6) is 5.75 Å². The Morgan fingerprint density at radius 1 is 1.38 bits per heavy atom. The summed E-state index contributed by atoms with van der Waals surface area (Å²) in [5.41, 5.74) is 5.59. The second-order valence-corrected chi connectivity index (χ2v) is 5.65. The molecule has 4 nitrogen and oxygen atoms in total. The zero-order chi connectivity index (χ0) is 15.1. The summed E-state index contributed by atoms with van der Waals surface area (Å²) >= 11 is 0. The fraction of sp³-hybridized carbons (Fsp3) is 0.562. The van der Waals surface area contributed by atoms with E-state index in [9.17, 15) is 9.18 Å². The monoisotopic (exact) mass is 294 g/mol. The fourth-order valence-corrected chi connectivity index (χ4v) is 2.77. The summed E-state index contributed by atoms with van der Waals surface area (Å²) in [7, 11) is 0. The number of hydrogen-bond donors (Lipinski definition) is 2. The van der Waals surface area contributed by atoms with Gasteiger partial charge in [0.15, 0.2) is 0 Å². The molecule has 0 atom stereocenters. The molecule has 1 fully saturated rings. The van der Waals surface area contributed by atoms with Gasteiger partial charge in [-0.3, -0.25) is 4.79 Å². The molecule has 0 aliphatic heterocycles. The summed E-state index contributed by atoms with van der Waals surface area (Å²) in [5.74, 6) is 0.186. The molecule has 21 heavy (non-hydrogen) atoms. The van der Waals surface area contributed by atoms with Crippen molar-refractivity contribution in [3.05, 3.63) is 30.1 Å². The van der Waals surface area contributed by atoms with Gasteiger partial charge < -0.3 is 15.8 Å². The van der Waals surface area contributed by atoms with Gasteiger partial charge in [-0.25, -0.2) is 4.39 Å². The van der Waals surface area contributed by atoms with E-state index in [1.807, 2.05) is 0 Å². The second-order valence-electron chi connectivity index (χ2n) is 5.65. The third kappa shape index (κ3) is 4.70. The van der Waals surface area contributed by atoms with Crippen LogP contribution in [0.1, 0.15) is 38.5 Å². The van der Waals surface area contributed by atoms with E-state index in [0.717, 1.165) is 25.7 Å². The Balaban J connectivity index is 1.67. The minimum absolute atomic E-state index is 0.0187. The standard InChI is InChI=1S/C16H23FN2O2/c17-13-5-3-6-14(11-13)21-10-4-7-15(20)19-16(12-18)8-1-2-9-16/h3,5-6,11H,1-2,4,7-10,12,18H2,(H,19,20). The molecular weight excluding hydrogens is 271 g/mol. The minimum Gasteiger partial charge on any atom is -0.493 e. The van der Waals surface area contributed by atoms with Gasteiger partial charge in [-0.15, -0.1) is 0 Å². The van der Waals surface area contributed by atoms with E-state index in [-0.39, 0.29) is 17.3 Å². The van der Waals surface area contributed by atoms with E-state index >= 15 is 0 Å². The van der Waals surface area contributed by atoms with Gasteiger partial charge in [0, 0.05) is 19.0 Å². The molecule has 1 saturated carbocycles. The first-order chi connectivity index (χ1) is 10.1. The van der Waals surface area contributed by atoms with Gasteiger partial charge in [0.05, 0.1) is 12.1 Å². The number of nitrogens with one attached hydrogen (secondary N) is 1. The van der Waals surface area contributed by atoms with Crippen LogP contribution >= 0.6 is 0 Å². The van der Waals surface area contributed by atoms with Crippen LogP contribution in [0.25, 0.3) is 0 Å². The molecule has 1 aliphatic rings. The zero-order valence-corrected chi connectivity index (χ0v) is 12.2. The molecule has 1 amide bonds. The van der Waals surface area contributed by atoms with Gasteiger partial charge in [-0.05, 0) is 31.4 Å². The molecule has 0 radical (unpaired) electrons.